The first-order valence-corrected chi connectivity index (χ1v) is 7.62. The molecule has 1 amide bonds. The highest BCUT2D eigenvalue weighted by molar-refractivity contribution is 7.99. The molecule has 0 heterocycles. The number of thioether (sulfide) groups is 1. The van der Waals surface area contributed by atoms with Gasteiger partial charge in [-0.2, -0.15) is 11.8 Å². The van der Waals surface area contributed by atoms with Gasteiger partial charge in [-0.15, -0.1) is 0 Å². The zero-order valence-electron chi connectivity index (χ0n) is 11.3. The summed E-state index contributed by atoms with van der Waals surface area (Å²) in [6.45, 7) is 2.23. The Balaban J connectivity index is 2.17. The summed E-state index contributed by atoms with van der Waals surface area (Å²) < 4.78 is 0. The van der Waals surface area contributed by atoms with Gasteiger partial charge in [0.25, 0.3) is 0 Å². The molecule has 0 radical (unpaired) electrons. The summed E-state index contributed by atoms with van der Waals surface area (Å²) in [4.78, 5) is 11.7. The Morgan fingerprint density at radius 3 is 2.89 bits per heavy atom. The Bertz CT molecular complexity index is 399. The maximum atomic E-state index is 11.7. The average Bonchev–Trinajstić information content (AvgIpc) is 2.40. The Hall–Kier alpha value is -1.20. The molecule has 0 aromatic heterocycles. The fourth-order valence-corrected chi connectivity index (χ4v) is 2.52. The summed E-state index contributed by atoms with van der Waals surface area (Å²) in [6.07, 6.45) is 1.33. The van der Waals surface area contributed by atoms with Crippen LogP contribution in [0, 0.1) is 5.92 Å². The van der Waals surface area contributed by atoms with Crippen LogP contribution in [-0.4, -0.2) is 29.1 Å². The topological polar surface area (TPSA) is 75.3 Å². The number of nitrogens with one attached hydrogen (secondary N) is 1. The number of nitrogen functional groups attached to an aromatic ring is 1. The zero-order valence-corrected chi connectivity index (χ0v) is 12.1. The van der Waals surface area contributed by atoms with Crippen LogP contribution >= 0.6 is 11.8 Å². The molecular weight excluding hydrogens is 260 g/mol. The Kier molecular flexibility index (Phi) is 7.36. The van der Waals surface area contributed by atoms with Crippen molar-refractivity contribution in [3.63, 3.8) is 0 Å². The molecule has 1 aromatic rings. The van der Waals surface area contributed by atoms with Crippen molar-refractivity contribution < 1.29 is 9.90 Å². The van der Waals surface area contributed by atoms with E-state index in [4.69, 9.17) is 10.8 Å². The summed E-state index contributed by atoms with van der Waals surface area (Å²) in [5.74, 6) is 2.18. The summed E-state index contributed by atoms with van der Waals surface area (Å²) in [6, 6.07) is 7.24. The molecular formula is C14H22N2O2S. The van der Waals surface area contributed by atoms with E-state index in [2.05, 4.69) is 5.32 Å². The van der Waals surface area contributed by atoms with E-state index in [0.29, 0.717) is 23.7 Å². The van der Waals surface area contributed by atoms with E-state index in [1.807, 2.05) is 19.1 Å². The van der Waals surface area contributed by atoms with Crippen LogP contribution in [0.1, 0.15) is 19.8 Å². The van der Waals surface area contributed by atoms with Crippen molar-refractivity contribution in [2.75, 3.05) is 29.2 Å². The van der Waals surface area contributed by atoms with E-state index < -0.39 is 0 Å². The van der Waals surface area contributed by atoms with E-state index in [-0.39, 0.29) is 12.5 Å². The number of nitrogens with two attached hydrogens (primary N) is 1. The molecule has 0 spiro atoms. The van der Waals surface area contributed by atoms with Gasteiger partial charge in [-0.3, -0.25) is 4.79 Å². The van der Waals surface area contributed by atoms with Gasteiger partial charge in [0, 0.05) is 13.0 Å². The van der Waals surface area contributed by atoms with Gasteiger partial charge in [0.05, 0.1) is 11.4 Å². The summed E-state index contributed by atoms with van der Waals surface area (Å²) in [7, 11) is 0. The molecule has 4 N–H and O–H groups in total. The minimum absolute atomic E-state index is 0.00583. The lowest BCUT2D eigenvalue weighted by atomic mass is 10.2. The lowest BCUT2D eigenvalue weighted by Crippen LogP contribution is -2.13. The van der Waals surface area contributed by atoms with Crippen molar-refractivity contribution in [3.8, 4) is 0 Å². The number of rotatable bonds is 8. The largest absolute Gasteiger partial charge is 0.397 e. The molecule has 0 fully saturated rings. The molecule has 4 nitrogen and oxygen atoms in total. The SMILES string of the molecule is CC(CO)CSCCCC(=O)Nc1ccccc1N. The maximum Gasteiger partial charge on any atom is 0.224 e. The van der Waals surface area contributed by atoms with Crippen molar-refractivity contribution in [2.24, 2.45) is 5.92 Å². The smallest absolute Gasteiger partial charge is 0.224 e. The predicted molar refractivity (Wildman–Crippen MR) is 82.3 cm³/mol. The molecule has 0 aliphatic rings. The van der Waals surface area contributed by atoms with Gasteiger partial charge in [0.15, 0.2) is 0 Å². The Morgan fingerprint density at radius 2 is 2.21 bits per heavy atom. The van der Waals surface area contributed by atoms with Crippen molar-refractivity contribution in [2.45, 2.75) is 19.8 Å². The van der Waals surface area contributed by atoms with E-state index in [0.717, 1.165) is 17.9 Å². The van der Waals surface area contributed by atoms with Crippen LogP contribution in [0.5, 0.6) is 0 Å². The fourth-order valence-electron chi connectivity index (χ4n) is 1.50. The van der Waals surface area contributed by atoms with Crippen LogP contribution in [-0.2, 0) is 4.79 Å². The average molecular weight is 282 g/mol. The van der Waals surface area contributed by atoms with Gasteiger partial charge >= 0.3 is 0 Å². The van der Waals surface area contributed by atoms with Crippen molar-refractivity contribution >= 4 is 29.0 Å². The van der Waals surface area contributed by atoms with Gasteiger partial charge in [-0.1, -0.05) is 19.1 Å². The normalized spacial score (nSPS) is 12.1. The van der Waals surface area contributed by atoms with Crippen LogP contribution in [0.25, 0.3) is 0 Å². The second kappa shape index (κ2) is 8.82. The number of hydrogen-bond acceptors (Lipinski definition) is 4. The number of carbonyl (C=O) groups is 1. The number of anilines is 2. The van der Waals surface area contributed by atoms with E-state index in [1.54, 1.807) is 23.9 Å². The van der Waals surface area contributed by atoms with Gasteiger partial charge < -0.3 is 16.2 Å². The minimum atomic E-state index is -0.00583. The molecule has 0 aliphatic carbocycles. The van der Waals surface area contributed by atoms with E-state index in [9.17, 15) is 4.79 Å². The van der Waals surface area contributed by atoms with Crippen LogP contribution in [0.3, 0.4) is 0 Å². The molecule has 1 rings (SSSR count). The number of hydrogen-bond donors (Lipinski definition) is 3. The predicted octanol–water partition coefficient (Wildman–Crippen LogP) is 2.35. The standard InChI is InChI=1S/C14H22N2O2S/c1-11(9-17)10-19-8-4-7-14(18)16-13-6-3-2-5-12(13)15/h2-3,5-6,11,17H,4,7-10,15H2,1H3,(H,16,18). The second-order valence-corrected chi connectivity index (χ2v) is 5.75. The first-order chi connectivity index (χ1) is 9.13. The van der Waals surface area contributed by atoms with Crippen molar-refractivity contribution in [1.82, 2.24) is 0 Å². The van der Waals surface area contributed by atoms with Crippen molar-refractivity contribution in [1.29, 1.82) is 0 Å². The van der Waals surface area contributed by atoms with Gasteiger partial charge in [0.2, 0.25) is 5.91 Å². The highest BCUT2D eigenvalue weighted by Gasteiger charge is 2.05. The van der Waals surface area contributed by atoms with Gasteiger partial charge in [-0.25, -0.2) is 0 Å². The quantitative estimate of drug-likeness (QED) is 0.505. The number of aliphatic hydroxyl groups excluding tert-OH is 1. The summed E-state index contributed by atoms with van der Waals surface area (Å²) >= 11 is 1.77. The maximum absolute atomic E-state index is 11.7. The molecule has 0 saturated heterocycles. The highest BCUT2D eigenvalue weighted by Crippen LogP contribution is 2.17. The fraction of sp³-hybridized carbons (Fsp3) is 0.500. The Labute approximate surface area is 118 Å². The lowest BCUT2D eigenvalue weighted by Gasteiger charge is -2.08. The first-order valence-electron chi connectivity index (χ1n) is 6.46. The monoisotopic (exact) mass is 282 g/mol. The summed E-state index contributed by atoms with van der Waals surface area (Å²) in [5, 5.41) is 11.7. The zero-order chi connectivity index (χ0) is 14.1. The van der Waals surface area contributed by atoms with Crippen molar-refractivity contribution in [3.05, 3.63) is 24.3 Å². The molecule has 1 unspecified atom stereocenters. The Morgan fingerprint density at radius 1 is 1.47 bits per heavy atom. The molecule has 0 saturated carbocycles. The molecule has 5 heteroatoms. The first kappa shape index (κ1) is 15.9. The molecule has 0 aliphatic heterocycles. The number of para-hydroxylation sites is 2. The van der Waals surface area contributed by atoms with Crippen LogP contribution in [0.2, 0.25) is 0 Å². The number of benzene rings is 1. The van der Waals surface area contributed by atoms with Crippen LogP contribution in [0.4, 0.5) is 11.4 Å². The molecule has 106 valence electrons. The number of aliphatic hydroxyl groups is 1. The third-order valence-electron chi connectivity index (χ3n) is 2.64. The van der Waals surface area contributed by atoms with E-state index in [1.165, 1.54) is 0 Å². The molecule has 0 bridgehead atoms. The van der Waals surface area contributed by atoms with Gasteiger partial charge in [-0.05, 0) is 36.0 Å². The van der Waals surface area contributed by atoms with Gasteiger partial charge in [0.1, 0.15) is 0 Å². The van der Waals surface area contributed by atoms with Crippen LogP contribution < -0.4 is 11.1 Å². The molecule has 1 atom stereocenters. The third kappa shape index (κ3) is 6.50. The third-order valence-corrected chi connectivity index (χ3v) is 4.02. The second-order valence-electron chi connectivity index (χ2n) is 4.60. The number of amides is 1. The van der Waals surface area contributed by atoms with E-state index >= 15 is 0 Å². The van der Waals surface area contributed by atoms with Crippen LogP contribution in [0.15, 0.2) is 24.3 Å². The minimum Gasteiger partial charge on any atom is -0.397 e. The number of carbonyl (C=O) groups excluding carboxylic acids is 1. The summed E-state index contributed by atoms with van der Waals surface area (Å²) in [5.41, 5.74) is 7.01. The lowest BCUT2D eigenvalue weighted by molar-refractivity contribution is -0.116. The highest BCUT2D eigenvalue weighted by atomic mass is 32.2. The molecule has 19 heavy (non-hydrogen) atoms. The molecule has 1 aromatic carbocycles.